The number of thioether (sulfide) groups is 1. The number of furan rings is 1. The standard InChI is InChI=1S/C10H14O2S/c11-10(9-2-4-13-7-9)5-8-1-3-12-6-8/h1,3,6,9-11H,2,4-5,7H2. The molecule has 0 amide bonds. The molecule has 1 N–H and O–H groups in total. The van der Waals surface area contributed by atoms with Gasteiger partial charge in [-0.3, -0.25) is 0 Å². The van der Waals surface area contributed by atoms with Crippen molar-refractivity contribution in [3.8, 4) is 0 Å². The first-order chi connectivity index (χ1) is 6.36. The molecule has 1 aliphatic rings. The van der Waals surface area contributed by atoms with Crippen molar-refractivity contribution in [2.24, 2.45) is 5.92 Å². The molecule has 2 heterocycles. The van der Waals surface area contributed by atoms with Crippen LogP contribution in [0.2, 0.25) is 0 Å². The second-order valence-corrected chi connectivity index (χ2v) is 4.68. The van der Waals surface area contributed by atoms with E-state index in [4.69, 9.17) is 4.42 Å². The quantitative estimate of drug-likeness (QED) is 0.805. The largest absolute Gasteiger partial charge is 0.472 e. The Kier molecular flexibility index (Phi) is 2.96. The highest BCUT2D eigenvalue weighted by Gasteiger charge is 2.23. The Labute approximate surface area is 82.3 Å². The zero-order chi connectivity index (χ0) is 9.10. The van der Waals surface area contributed by atoms with Gasteiger partial charge in [0.05, 0.1) is 18.6 Å². The van der Waals surface area contributed by atoms with E-state index in [-0.39, 0.29) is 6.10 Å². The summed E-state index contributed by atoms with van der Waals surface area (Å²) in [5.41, 5.74) is 1.10. The Bertz CT molecular complexity index is 239. The van der Waals surface area contributed by atoms with Crippen LogP contribution >= 0.6 is 11.8 Å². The SMILES string of the molecule is OC(Cc1ccoc1)C1CCSC1. The van der Waals surface area contributed by atoms with Gasteiger partial charge >= 0.3 is 0 Å². The molecule has 0 bridgehead atoms. The summed E-state index contributed by atoms with van der Waals surface area (Å²) in [6.07, 6.45) is 5.08. The molecule has 1 aromatic rings. The lowest BCUT2D eigenvalue weighted by atomic mass is 9.97. The third-order valence-electron chi connectivity index (χ3n) is 2.53. The fourth-order valence-electron chi connectivity index (χ4n) is 1.67. The van der Waals surface area contributed by atoms with Crippen LogP contribution in [0.15, 0.2) is 23.0 Å². The maximum absolute atomic E-state index is 9.87. The predicted octanol–water partition coefficient (Wildman–Crippen LogP) is 1.94. The molecule has 1 aliphatic heterocycles. The molecule has 3 heteroatoms. The van der Waals surface area contributed by atoms with Gasteiger partial charge in [0, 0.05) is 6.42 Å². The fraction of sp³-hybridized carbons (Fsp3) is 0.600. The molecule has 2 unspecified atom stereocenters. The second kappa shape index (κ2) is 4.20. The summed E-state index contributed by atoms with van der Waals surface area (Å²) < 4.78 is 4.96. The molecule has 2 nitrogen and oxygen atoms in total. The van der Waals surface area contributed by atoms with Crippen molar-refractivity contribution in [3.63, 3.8) is 0 Å². The Hall–Kier alpha value is -0.410. The first kappa shape index (κ1) is 9.16. The van der Waals surface area contributed by atoms with Gasteiger partial charge in [0.15, 0.2) is 0 Å². The second-order valence-electron chi connectivity index (χ2n) is 3.53. The van der Waals surface area contributed by atoms with Crippen molar-refractivity contribution in [2.75, 3.05) is 11.5 Å². The molecular weight excluding hydrogens is 184 g/mol. The minimum atomic E-state index is -0.187. The zero-order valence-corrected chi connectivity index (χ0v) is 8.30. The first-order valence-corrected chi connectivity index (χ1v) is 5.78. The number of hydrogen-bond acceptors (Lipinski definition) is 3. The third-order valence-corrected chi connectivity index (χ3v) is 3.72. The van der Waals surface area contributed by atoms with Gasteiger partial charge in [-0.05, 0) is 35.5 Å². The van der Waals surface area contributed by atoms with Crippen molar-refractivity contribution in [1.29, 1.82) is 0 Å². The van der Waals surface area contributed by atoms with Gasteiger partial charge in [-0.25, -0.2) is 0 Å². The number of aliphatic hydroxyl groups is 1. The van der Waals surface area contributed by atoms with Crippen LogP contribution in [0, 0.1) is 5.92 Å². The maximum atomic E-state index is 9.87. The molecule has 0 aromatic carbocycles. The summed E-state index contributed by atoms with van der Waals surface area (Å²) in [5, 5.41) is 9.87. The summed E-state index contributed by atoms with van der Waals surface area (Å²) >= 11 is 1.94. The summed E-state index contributed by atoms with van der Waals surface area (Å²) in [4.78, 5) is 0. The van der Waals surface area contributed by atoms with Crippen LogP contribution in [0.4, 0.5) is 0 Å². The fourth-order valence-corrected chi connectivity index (χ4v) is 3.00. The molecule has 0 radical (unpaired) electrons. The Balaban J connectivity index is 1.87. The third kappa shape index (κ3) is 2.29. The molecule has 1 fully saturated rings. The van der Waals surface area contributed by atoms with E-state index in [0.29, 0.717) is 5.92 Å². The normalized spacial score (nSPS) is 24.8. The van der Waals surface area contributed by atoms with Crippen LogP contribution < -0.4 is 0 Å². The summed E-state index contributed by atoms with van der Waals surface area (Å²) in [6, 6.07) is 1.92. The first-order valence-electron chi connectivity index (χ1n) is 4.63. The molecule has 0 spiro atoms. The molecule has 72 valence electrons. The zero-order valence-electron chi connectivity index (χ0n) is 7.48. The minimum absolute atomic E-state index is 0.187. The molecule has 2 atom stereocenters. The lowest BCUT2D eigenvalue weighted by molar-refractivity contribution is 0.120. The Morgan fingerprint density at radius 2 is 2.62 bits per heavy atom. The number of rotatable bonds is 3. The Morgan fingerprint density at radius 1 is 1.69 bits per heavy atom. The van der Waals surface area contributed by atoms with Gasteiger partial charge in [0.2, 0.25) is 0 Å². The molecule has 1 saturated heterocycles. The van der Waals surface area contributed by atoms with Crippen molar-refractivity contribution in [2.45, 2.75) is 18.9 Å². The lowest BCUT2D eigenvalue weighted by Gasteiger charge is -2.15. The van der Waals surface area contributed by atoms with Gasteiger partial charge in [-0.1, -0.05) is 0 Å². The van der Waals surface area contributed by atoms with E-state index < -0.39 is 0 Å². The van der Waals surface area contributed by atoms with Crippen molar-refractivity contribution < 1.29 is 9.52 Å². The van der Waals surface area contributed by atoms with E-state index in [0.717, 1.165) is 24.2 Å². The molecular formula is C10H14O2S. The molecule has 1 aromatic heterocycles. The molecule has 13 heavy (non-hydrogen) atoms. The van der Waals surface area contributed by atoms with E-state index in [1.54, 1.807) is 12.5 Å². The topological polar surface area (TPSA) is 33.4 Å². The van der Waals surface area contributed by atoms with Gasteiger partial charge in [-0.15, -0.1) is 0 Å². The van der Waals surface area contributed by atoms with Crippen LogP contribution in [0.1, 0.15) is 12.0 Å². The van der Waals surface area contributed by atoms with E-state index in [9.17, 15) is 5.11 Å². The average molecular weight is 198 g/mol. The predicted molar refractivity (Wildman–Crippen MR) is 53.9 cm³/mol. The van der Waals surface area contributed by atoms with Crippen molar-refractivity contribution in [1.82, 2.24) is 0 Å². The van der Waals surface area contributed by atoms with Crippen LogP contribution in [0.5, 0.6) is 0 Å². The number of aliphatic hydroxyl groups excluding tert-OH is 1. The summed E-state index contributed by atoms with van der Waals surface area (Å²) in [6.45, 7) is 0. The van der Waals surface area contributed by atoms with E-state index in [1.165, 1.54) is 5.75 Å². The molecule has 2 rings (SSSR count). The van der Waals surface area contributed by atoms with E-state index >= 15 is 0 Å². The number of hydrogen-bond donors (Lipinski definition) is 1. The van der Waals surface area contributed by atoms with E-state index in [2.05, 4.69) is 0 Å². The summed E-state index contributed by atoms with van der Waals surface area (Å²) in [7, 11) is 0. The minimum Gasteiger partial charge on any atom is -0.472 e. The highest BCUT2D eigenvalue weighted by Crippen LogP contribution is 2.27. The smallest absolute Gasteiger partial charge is 0.0935 e. The van der Waals surface area contributed by atoms with Crippen LogP contribution in [0.3, 0.4) is 0 Å². The average Bonchev–Trinajstić information content (AvgIpc) is 2.74. The highest BCUT2D eigenvalue weighted by molar-refractivity contribution is 7.99. The van der Waals surface area contributed by atoms with Gasteiger partial charge in [0.1, 0.15) is 0 Å². The van der Waals surface area contributed by atoms with Gasteiger partial charge in [-0.2, -0.15) is 11.8 Å². The van der Waals surface area contributed by atoms with Crippen LogP contribution in [-0.4, -0.2) is 22.7 Å². The van der Waals surface area contributed by atoms with Gasteiger partial charge < -0.3 is 9.52 Å². The van der Waals surface area contributed by atoms with Gasteiger partial charge in [0.25, 0.3) is 0 Å². The lowest BCUT2D eigenvalue weighted by Crippen LogP contribution is -2.22. The van der Waals surface area contributed by atoms with Crippen molar-refractivity contribution >= 4 is 11.8 Å². The van der Waals surface area contributed by atoms with Crippen LogP contribution in [0.25, 0.3) is 0 Å². The Morgan fingerprint density at radius 3 is 3.23 bits per heavy atom. The van der Waals surface area contributed by atoms with Crippen molar-refractivity contribution in [3.05, 3.63) is 24.2 Å². The van der Waals surface area contributed by atoms with Crippen LogP contribution in [-0.2, 0) is 6.42 Å². The van der Waals surface area contributed by atoms with E-state index in [1.807, 2.05) is 17.8 Å². The highest BCUT2D eigenvalue weighted by atomic mass is 32.2. The monoisotopic (exact) mass is 198 g/mol. The maximum Gasteiger partial charge on any atom is 0.0935 e. The summed E-state index contributed by atoms with van der Waals surface area (Å²) in [5.74, 6) is 2.80. The molecule has 0 aliphatic carbocycles. The molecule has 0 saturated carbocycles.